The Morgan fingerprint density at radius 2 is 2.30 bits per heavy atom. The Labute approximate surface area is 142 Å². The Balaban J connectivity index is 1.80. The molecule has 0 spiro atoms. The molecule has 0 fully saturated rings. The minimum atomic E-state index is -0.242. The van der Waals surface area contributed by atoms with Crippen LogP contribution in [0.5, 0.6) is 0 Å². The summed E-state index contributed by atoms with van der Waals surface area (Å²) < 4.78 is 1.62. The molecular weight excluding hydrogens is 334 g/mol. The van der Waals surface area contributed by atoms with Gasteiger partial charge in [0.15, 0.2) is 0 Å². The van der Waals surface area contributed by atoms with Crippen LogP contribution in [0.2, 0.25) is 5.02 Å². The van der Waals surface area contributed by atoms with Crippen LogP contribution in [0.3, 0.4) is 0 Å². The molecule has 0 unspecified atom stereocenters. The predicted octanol–water partition coefficient (Wildman–Crippen LogP) is 3.65. The zero-order chi connectivity index (χ0) is 16.2. The minimum absolute atomic E-state index is 0.242. The third-order valence-electron chi connectivity index (χ3n) is 3.19. The van der Waals surface area contributed by atoms with Gasteiger partial charge in [-0.15, -0.1) is 11.3 Å². The first-order valence-electron chi connectivity index (χ1n) is 6.83. The van der Waals surface area contributed by atoms with Crippen LogP contribution in [0.25, 0.3) is 5.69 Å². The lowest BCUT2D eigenvalue weighted by molar-refractivity contribution is 0.220. The molecule has 2 aromatic heterocycles. The third-order valence-corrected chi connectivity index (χ3v) is 4.13. The fourth-order valence-corrected chi connectivity index (χ4v) is 2.90. The van der Waals surface area contributed by atoms with Crippen molar-refractivity contribution in [3.8, 4) is 5.69 Å². The third kappa shape index (κ3) is 3.52. The number of nitrogens with one attached hydrogen (secondary N) is 1. The Morgan fingerprint density at radius 1 is 1.43 bits per heavy atom. The van der Waals surface area contributed by atoms with E-state index >= 15 is 0 Å². The van der Waals surface area contributed by atoms with Crippen molar-refractivity contribution in [3.05, 3.63) is 58.3 Å². The lowest BCUT2D eigenvalue weighted by Gasteiger charge is -2.19. The van der Waals surface area contributed by atoms with Crippen molar-refractivity contribution in [2.75, 3.05) is 12.4 Å². The molecule has 2 heterocycles. The summed E-state index contributed by atoms with van der Waals surface area (Å²) in [5.41, 5.74) is 3.82. The zero-order valence-electron chi connectivity index (χ0n) is 12.3. The number of amides is 2. The number of aromatic nitrogens is 3. The largest absolute Gasteiger partial charge is 0.322 e. The molecule has 118 valence electrons. The number of para-hydroxylation sites is 1. The normalized spacial score (nSPS) is 10.5. The van der Waals surface area contributed by atoms with Crippen LogP contribution < -0.4 is 5.32 Å². The van der Waals surface area contributed by atoms with Gasteiger partial charge in [-0.05, 0) is 18.2 Å². The molecule has 3 rings (SSSR count). The number of benzene rings is 1. The van der Waals surface area contributed by atoms with Gasteiger partial charge in [0, 0.05) is 24.8 Å². The summed E-state index contributed by atoms with van der Waals surface area (Å²) in [4.78, 5) is 18.1. The number of anilines is 1. The first-order valence-corrected chi connectivity index (χ1v) is 8.15. The number of urea groups is 1. The summed E-state index contributed by atoms with van der Waals surface area (Å²) in [6.07, 6.45) is 3.43. The fourth-order valence-electron chi connectivity index (χ4n) is 2.09. The maximum absolute atomic E-state index is 12.4. The van der Waals surface area contributed by atoms with E-state index in [1.54, 1.807) is 58.8 Å². The van der Waals surface area contributed by atoms with Gasteiger partial charge in [0.1, 0.15) is 5.69 Å². The lowest BCUT2D eigenvalue weighted by Crippen LogP contribution is -2.31. The monoisotopic (exact) mass is 347 g/mol. The van der Waals surface area contributed by atoms with Gasteiger partial charge in [-0.2, -0.15) is 5.10 Å². The smallest absolute Gasteiger partial charge is 0.322 e. The number of hydrogen-bond donors (Lipinski definition) is 1. The number of halogens is 1. The van der Waals surface area contributed by atoms with E-state index in [-0.39, 0.29) is 6.03 Å². The van der Waals surface area contributed by atoms with Crippen LogP contribution in [0.4, 0.5) is 10.5 Å². The number of hydrogen-bond acceptors (Lipinski definition) is 4. The van der Waals surface area contributed by atoms with Crippen LogP contribution in [0.1, 0.15) is 5.69 Å². The molecule has 0 aliphatic heterocycles. The SMILES string of the molecule is CN(Cc1cscn1)C(=O)Nc1cccc(Cl)c1-n1cccn1. The van der Waals surface area contributed by atoms with Crippen molar-refractivity contribution in [2.45, 2.75) is 6.54 Å². The number of thiazole rings is 1. The molecule has 0 atom stereocenters. The summed E-state index contributed by atoms with van der Waals surface area (Å²) in [5, 5.41) is 9.47. The maximum atomic E-state index is 12.4. The lowest BCUT2D eigenvalue weighted by atomic mass is 10.2. The molecule has 0 aliphatic rings. The fraction of sp³-hybridized carbons (Fsp3) is 0.133. The van der Waals surface area contributed by atoms with Crippen molar-refractivity contribution in [2.24, 2.45) is 0 Å². The van der Waals surface area contributed by atoms with Gasteiger partial charge < -0.3 is 10.2 Å². The number of carbonyl (C=O) groups is 1. The highest BCUT2D eigenvalue weighted by Gasteiger charge is 2.15. The highest BCUT2D eigenvalue weighted by Crippen LogP contribution is 2.28. The van der Waals surface area contributed by atoms with E-state index in [0.29, 0.717) is 22.9 Å². The molecule has 3 aromatic rings. The number of nitrogens with zero attached hydrogens (tertiary/aromatic N) is 4. The van der Waals surface area contributed by atoms with Crippen LogP contribution in [0.15, 0.2) is 47.5 Å². The van der Waals surface area contributed by atoms with Crippen molar-refractivity contribution in [1.82, 2.24) is 19.7 Å². The molecule has 1 aromatic carbocycles. The Kier molecular flexibility index (Phi) is 4.59. The molecule has 6 nitrogen and oxygen atoms in total. The van der Waals surface area contributed by atoms with Crippen molar-refractivity contribution in [3.63, 3.8) is 0 Å². The van der Waals surface area contributed by atoms with Crippen molar-refractivity contribution in [1.29, 1.82) is 0 Å². The van der Waals surface area contributed by atoms with E-state index in [2.05, 4.69) is 15.4 Å². The molecule has 0 aliphatic carbocycles. The summed E-state index contributed by atoms with van der Waals surface area (Å²) in [5.74, 6) is 0. The van der Waals surface area contributed by atoms with Gasteiger partial charge in [-0.1, -0.05) is 17.7 Å². The summed E-state index contributed by atoms with van der Waals surface area (Å²) >= 11 is 7.77. The minimum Gasteiger partial charge on any atom is -0.322 e. The van der Waals surface area contributed by atoms with Gasteiger partial charge >= 0.3 is 6.03 Å². The van der Waals surface area contributed by atoms with Crippen LogP contribution in [-0.2, 0) is 6.54 Å². The van der Waals surface area contributed by atoms with Gasteiger partial charge in [0.25, 0.3) is 0 Å². The van der Waals surface area contributed by atoms with E-state index in [0.717, 1.165) is 5.69 Å². The summed E-state index contributed by atoms with van der Waals surface area (Å²) in [6.45, 7) is 0.438. The standard InChI is InChI=1S/C15H14ClN5OS/c1-20(8-11-9-23-10-17-11)15(22)19-13-5-2-4-12(16)14(13)21-7-3-6-18-21/h2-7,9-10H,8H2,1H3,(H,19,22). The molecule has 1 N–H and O–H groups in total. The first kappa shape index (κ1) is 15.5. The Morgan fingerprint density at radius 3 is 3.00 bits per heavy atom. The summed E-state index contributed by atoms with van der Waals surface area (Å²) in [7, 11) is 1.72. The van der Waals surface area contributed by atoms with Crippen LogP contribution in [-0.4, -0.2) is 32.7 Å². The average molecular weight is 348 g/mol. The quantitative estimate of drug-likeness (QED) is 0.783. The molecule has 23 heavy (non-hydrogen) atoms. The average Bonchev–Trinajstić information content (AvgIpc) is 3.20. The Hall–Kier alpha value is -2.38. The second-order valence-electron chi connectivity index (χ2n) is 4.85. The first-order chi connectivity index (χ1) is 11.1. The molecular formula is C15H14ClN5OS. The van der Waals surface area contributed by atoms with E-state index < -0.39 is 0 Å². The Bertz CT molecular complexity index is 788. The topological polar surface area (TPSA) is 63.1 Å². The summed E-state index contributed by atoms with van der Waals surface area (Å²) in [6, 6.07) is 6.88. The molecule has 0 saturated heterocycles. The maximum Gasteiger partial charge on any atom is 0.322 e. The second-order valence-corrected chi connectivity index (χ2v) is 5.98. The second kappa shape index (κ2) is 6.80. The van der Waals surface area contributed by atoms with Gasteiger partial charge in [-0.25, -0.2) is 14.5 Å². The highest BCUT2D eigenvalue weighted by atomic mass is 35.5. The highest BCUT2D eigenvalue weighted by molar-refractivity contribution is 7.07. The van der Waals surface area contributed by atoms with Gasteiger partial charge in [0.05, 0.1) is 28.5 Å². The molecule has 0 saturated carbocycles. The molecule has 0 radical (unpaired) electrons. The predicted molar refractivity (Wildman–Crippen MR) is 91.2 cm³/mol. The molecule has 0 bridgehead atoms. The van der Waals surface area contributed by atoms with Crippen molar-refractivity contribution < 1.29 is 4.79 Å². The number of rotatable bonds is 4. The van der Waals surface area contributed by atoms with Crippen molar-refractivity contribution >= 4 is 34.7 Å². The van der Waals surface area contributed by atoms with E-state index in [4.69, 9.17) is 11.6 Å². The number of carbonyl (C=O) groups excluding carboxylic acids is 1. The van der Waals surface area contributed by atoms with Crippen LogP contribution in [0, 0.1) is 0 Å². The molecule has 2 amide bonds. The zero-order valence-corrected chi connectivity index (χ0v) is 13.9. The van der Waals surface area contributed by atoms with Crippen LogP contribution >= 0.6 is 22.9 Å². The van der Waals surface area contributed by atoms with Gasteiger partial charge in [0.2, 0.25) is 0 Å². The van der Waals surface area contributed by atoms with E-state index in [1.165, 1.54) is 11.3 Å². The van der Waals surface area contributed by atoms with E-state index in [9.17, 15) is 4.79 Å². The van der Waals surface area contributed by atoms with E-state index in [1.807, 2.05) is 5.38 Å². The molecule has 8 heteroatoms. The van der Waals surface area contributed by atoms with Gasteiger partial charge in [-0.3, -0.25) is 0 Å².